The first-order valence-corrected chi connectivity index (χ1v) is 16.5. The summed E-state index contributed by atoms with van der Waals surface area (Å²) in [5.74, 6) is -0.535. The highest BCUT2D eigenvalue weighted by atomic mass is 16.5. The van der Waals surface area contributed by atoms with E-state index in [0.717, 1.165) is 34.6 Å². The molecule has 2 N–H and O–H groups in total. The summed E-state index contributed by atoms with van der Waals surface area (Å²) in [7, 11) is 0. The Kier molecular flexibility index (Phi) is 8.38. The summed E-state index contributed by atoms with van der Waals surface area (Å²) in [5, 5.41) is 13.5. The monoisotopic (exact) mass is 673 g/mol. The fraction of sp³-hybridized carbons (Fsp3) is 0.289. The third kappa shape index (κ3) is 6.31. The predicted octanol–water partition coefficient (Wildman–Crippen LogP) is 5.22. The molecule has 2 aliphatic heterocycles. The van der Waals surface area contributed by atoms with Gasteiger partial charge in [0.05, 0.1) is 11.1 Å². The SMILES string of the molecule is CC(=O)c1ccc(Oc2ccc(C(C)(C)c3ccc(OC4CC(Nc5ccc6c(c5)C(=O)N(C5CCC(=O)NC5=O)C6=O)C4)cc3)cc2)nn1. The molecule has 3 heterocycles. The number of benzene rings is 3. The van der Waals surface area contributed by atoms with Gasteiger partial charge in [-0.3, -0.25) is 34.2 Å². The quantitative estimate of drug-likeness (QED) is 0.169. The van der Waals surface area contributed by atoms with Gasteiger partial charge in [0.25, 0.3) is 11.8 Å². The van der Waals surface area contributed by atoms with Crippen LogP contribution >= 0.6 is 0 Å². The van der Waals surface area contributed by atoms with Gasteiger partial charge >= 0.3 is 0 Å². The van der Waals surface area contributed by atoms with E-state index in [1.54, 1.807) is 30.3 Å². The lowest BCUT2D eigenvalue weighted by Gasteiger charge is -2.36. The minimum Gasteiger partial charge on any atom is -0.490 e. The topological polar surface area (TPSA) is 157 Å². The molecule has 1 unspecified atom stereocenters. The summed E-state index contributed by atoms with van der Waals surface area (Å²) >= 11 is 0. The van der Waals surface area contributed by atoms with Crippen molar-refractivity contribution in [3.8, 4) is 17.4 Å². The van der Waals surface area contributed by atoms with Crippen LogP contribution in [0, 0.1) is 0 Å². The number of anilines is 1. The Hall–Kier alpha value is -5.91. The average molecular weight is 674 g/mol. The number of amides is 4. The summed E-state index contributed by atoms with van der Waals surface area (Å²) < 4.78 is 12.0. The van der Waals surface area contributed by atoms with Gasteiger partial charge in [-0.2, -0.15) is 0 Å². The molecule has 0 bridgehead atoms. The highest BCUT2D eigenvalue weighted by molar-refractivity contribution is 6.23. The third-order valence-electron chi connectivity index (χ3n) is 9.58. The number of Topliss-reactive ketones (excluding diaryl/α,β-unsaturated/α-hetero) is 1. The Labute approximate surface area is 288 Å². The van der Waals surface area contributed by atoms with Crippen LogP contribution < -0.4 is 20.1 Å². The molecule has 4 aromatic rings. The Bertz CT molecular complexity index is 2000. The van der Waals surface area contributed by atoms with Crippen molar-refractivity contribution in [2.45, 2.75) is 70.1 Å². The third-order valence-corrected chi connectivity index (χ3v) is 9.58. The smallest absolute Gasteiger partial charge is 0.262 e. The summed E-state index contributed by atoms with van der Waals surface area (Å²) in [6, 6.07) is 23.3. The van der Waals surface area contributed by atoms with Crippen LogP contribution in [0.3, 0.4) is 0 Å². The highest BCUT2D eigenvalue weighted by Crippen LogP contribution is 2.36. The Morgan fingerprint density at radius 3 is 2.12 bits per heavy atom. The van der Waals surface area contributed by atoms with Crippen molar-refractivity contribution in [2.24, 2.45) is 0 Å². The first-order valence-electron chi connectivity index (χ1n) is 16.5. The second kappa shape index (κ2) is 12.8. The zero-order valence-corrected chi connectivity index (χ0v) is 27.8. The second-order valence-corrected chi connectivity index (χ2v) is 13.3. The molecule has 50 heavy (non-hydrogen) atoms. The molecular weight excluding hydrogens is 638 g/mol. The van der Waals surface area contributed by atoms with Crippen LogP contribution in [0.4, 0.5) is 5.69 Å². The van der Waals surface area contributed by atoms with Crippen LogP contribution in [0.25, 0.3) is 0 Å². The van der Waals surface area contributed by atoms with Crippen molar-refractivity contribution in [3.63, 3.8) is 0 Å². The standard InChI is InChI=1S/C38H35N5O7/c1-21(44)31-14-17-34(42-41-31)50-27-11-6-23(7-12-27)38(2,3)22-4-9-26(10-5-22)49-28-18-25(19-28)39-24-8-13-29-30(20-24)37(48)43(36(29)47)32-15-16-33(45)40-35(32)46/h4-14,17,20,25,28,32,39H,15-16,18-19H2,1-3H3,(H,40,45,46). The van der Waals surface area contributed by atoms with Crippen molar-refractivity contribution in [1.29, 1.82) is 0 Å². The first-order chi connectivity index (χ1) is 24.0. The van der Waals surface area contributed by atoms with Crippen LogP contribution in [0.2, 0.25) is 0 Å². The number of nitrogens with one attached hydrogen (secondary N) is 2. The number of imide groups is 2. The molecule has 0 radical (unpaired) electrons. The van der Waals surface area contributed by atoms with Gasteiger partial charge in [-0.15, -0.1) is 10.2 Å². The number of rotatable bonds is 10. The summed E-state index contributed by atoms with van der Waals surface area (Å²) in [6.45, 7) is 5.75. The zero-order valence-electron chi connectivity index (χ0n) is 27.8. The van der Waals surface area contributed by atoms with Gasteiger partial charge in [0.2, 0.25) is 17.7 Å². The molecule has 2 fully saturated rings. The van der Waals surface area contributed by atoms with E-state index in [9.17, 15) is 24.0 Å². The lowest BCUT2D eigenvalue weighted by molar-refractivity contribution is -0.136. The first kappa shape index (κ1) is 32.6. The fourth-order valence-electron chi connectivity index (χ4n) is 6.51. The number of aromatic nitrogens is 2. The Balaban J connectivity index is 0.912. The van der Waals surface area contributed by atoms with E-state index in [1.165, 1.54) is 6.92 Å². The maximum Gasteiger partial charge on any atom is 0.262 e. The highest BCUT2D eigenvalue weighted by Gasteiger charge is 2.44. The van der Waals surface area contributed by atoms with Crippen LogP contribution in [0.5, 0.6) is 17.4 Å². The molecule has 1 saturated heterocycles. The lowest BCUT2D eigenvalue weighted by atomic mass is 9.78. The molecule has 1 aliphatic carbocycles. The minimum absolute atomic E-state index is 0.0305. The maximum atomic E-state index is 13.2. The molecule has 1 saturated carbocycles. The van der Waals surface area contributed by atoms with Crippen molar-refractivity contribution < 1.29 is 33.4 Å². The number of carbonyl (C=O) groups excluding carboxylic acids is 5. The Morgan fingerprint density at radius 1 is 0.840 bits per heavy atom. The van der Waals surface area contributed by atoms with Gasteiger partial charge in [-0.1, -0.05) is 38.1 Å². The zero-order chi connectivity index (χ0) is 35.2. The van der Waals surface area contributed by atoms with Gasteiger partial charge < -0.3 is 14.8 Å². The average Bonchev–Trinajstić information content (AvgIpc) is 3.32. The molecule has 3 aromatic carbocycles. The van der Waals surface area contributed by atoms with E-state index in [-0.39, 0.29) is 53.0 Å². The van der Waals surface area contributed by atoms with Gasteiger partial charge in [0, 0.05) is 49.4 Å². The number of piperidine rings is 1. The lowest BCUT2D eigenvalue weighted by Crippen LogP contribution is -2.54. The molecule has 7 rings (SSSR count). The number of nitrogens with zero attached hydrogens (tertiary/aromatic N) is 3. The van der Waals surface area contributed by atoms with Gasteiger partial charge in [-0.25, -0.2) is 0 Å². The van der Waals surface area contributed by atoms with Crippen molar-refractivity contribution >= 4 is 35.1 Å². The molecule has 12 nitrogen and oxygen atoms in total. The number of carbonyl (C=O) groups is 5. The number of ether oxygens (including phenoxy) is 2. The van der Waals surface area contributed by atoms with E-state index in [1.807, 2.05) is 36.4 Å². The van der Waals surface area contributed by atoms with E-state index < -0.39 is 29.7 Å². The molecule has 0 spiro atoms. The van der Waals surface area contributed by atoms with E-state index in [0.29, 0.717) is 17.3 Å². The maximum absolute atomic E-state index is 13.2. The fourth-order valence-corrected chi connectivity index (χ4v) is 6.51. The molecular formula is C38H35N5O7. The molecule has 3 aliphatic rings. The van der Waals surface area contributed by atoms with E-state index >= 15 is 0 Å². The normalized spacial score (nSPS) is 20.1. The second-order valence-electron chi connectivity index (χ2n) is 13.3. The molecule has 1 aromatic heterocycles. The Morgan fingerprint density at radius 2 is 1.50 bits per heavy atom. The number of hydrogen-bond acceptors (Lipinski definition) is 10. The number of fused-ring (bicyclic) bond motifs is 1. The van der Waals surface area contributed by atoms with E-state index in [4.69, 9.17) is 9.47 Å². The molecule has 12 heteroatoms. The van der Waals surface area contributed by atoms with Gasteiger partial charge in [0.1, 0.15) is 29.3 Å². The van der Waals surface area contributed by atoms with Crippen molar-refractivity contribution in [1.82, 2.24) is 20.4 Å². The minimum atomic E-state index is -0.991. The predicted molar refractivity (Wildman–Crippen MR) is 181 cm³/mol. The molecule has 1 atom stereocenters. The largest absolute Gasteiger partial charge is 0.490 e. The van der Waals surface area contributed by atoms with Crippen molar-refractivity contribution in [3.05, 3.63) is 107 Å². The van der Waals surface area contributed by atoms with Gasteiger partial charge in [-0.05, 0) is 66.1 Å². The van der Waals surface area contributed by atoms with E-state index in [2.05, 4.69) is 46.8 Å². The van der Waals surface area contributed by atoms with Crippen LogP contribution in [-0.4, -0.2) is 62.7 Å². The summed E-state index contributed by atoms with van der Waals surface area (Å²) in [6.07, 6.45) is 1.76. The summed E-state index contributed by atoms with van der Waals surface area (Å²) in [4.78, 5) is 62.4. The van der Waals surface area contributed by atoms with Crippen LogP contribution in [0.1, 0.15) is 88.8 Å². The summed E-state index contributed by atoms with van der Waals surface area (Å²) in [5.41, 5.74) is 3.44. The van der Waals surface area contributed by atoms with Gasteiger partial charge in [0.15, 0.2) is 5.78 Å². The molecule has 254 valence electrons. The number of hydrogen-bond donors (Lipinski definition) is 2. The molecule has 4 amide bonds. The number of ketones is 1. The van der Waals surface area contributed by atoms with Crippen LogP contribution in [-0.2, 0) is 15.0 Å². The van der Waals surface area contributed by atoms with Crippen molar-refractivity contribution in [2.75, 3.05) is 5.32 Å². The van der Waals surface area contributed by atoms with Crippen LogP contribution in [0.15, 0.2) is 78.9 Å².